The van der Waals surface area contributed by atoms with Gasteiger partial charge < -0.3 is 9.84 Å². The van der Waals surface area contributed by atoms with Crippen LogP contribution in [0.3, 0.4) is 0 Å². The van der Waals surface area contributed by atoms with E-state index in [1.54, 1.807) is 0 Å². The second-order valence-electron chi connectivity index (χ2n) is 4.69. The standard InChI is InChI=1S/C14H15N5O4/c1-8-4-9(2)17-14(16-8)18-15-7-10-5-11(19(21)22)6-12(23-3)13(10)20/h4-7,20H,1-3H3,(H,16,17,18). The summed E-state index contributed by atoms with van der Waals surface area (Å²) >= 11 is 0. The largest absolute Gasteiger partial charge is 0.504 e. The summed E-state index contributed by atoms with van der Waals surface area (Å²) in [5.74, 6) is 0.0314. The van der Waals surface area contributed by atoms with Crippen LogP contribution in [0.2, 0.25) is 0 Å². The summed E-state index contributed by atoms with van der Waals surface area (Å²) in [6.45, 7) is 3.64. The van der Waals surface area contributed by atoms with E-state index >= 15 is 0 Å². The lowest BCUT2D eigenvalue weighted by Crippen LogP contribution is -2.00. The van der Waals surface area contributed by atoms with Gasteiger partial charge in [-0.3, -0.25) is 10.1 Å². The van der Waals surface area contributed by atoms with E-state index in [0.717, 1.165) is 17.5 Å². The van der Waals surface area contributed by atoms with Crippen molar-refractivity contribution in [2.45, 2.75) is 13.8 Å². The van der Waals surface area contributed by atoms with Crippen LogP contribution < -0.4 is 10.2 Å². The Kier molecular flexibility index (Phi) is 4.69. The second kappa shape index (κ2) is 6.69. The maximum absolute atomic E-state index is 10.9. The van der Waals surface area contributed by atoms with E-state index in [4.69, 9.17) is 4.74 Å². The quantitative estimate of drug-likeness (QED) is 0.492. The van der Waals surface area contributed by atoms with E-state index in [-0.39, 0.29) is 28.7 Å². The average molecular weight is 317 g/mol. The summed E-state index contributed by atoms with van der Waals surface area (Å²) < 4.78 is 4.91. The van der Waals surface area contributed by atoms with Crippen LogP contribution in [0, 0.1) is 24.0 Å². The van der Waals surface area contributed by atoms with Crippen LogP contribution in [0.1, 0.15) is 17.0 Å². The first kappa shape index (κ1) is 16.1. The maximum Gasteiger partial charge on any atom is 0.274 e. The third-order valence-corrected chi connectivity index (χ3v) is 2.87. The summed E-state index contributed by atoms with van der Waals surface area (Å²) in [4.78, 5) is 18.6. The van der Waals surface area contributed by atoms with Gasteiger partial charge in [0.15, 0.2) is 11.5 Å². The zero-order valence-corrected chi connectivity index (χ0v) is 12.8. The molecule has 0 saturated carbocycles. The Labute approximate surface area is 131 Å². The minimum absolute atomic E-state index is 0.0108. The summed E-state index contributed by atoms with van der Waals surface area (Å²) in [5, 5.41) is 24.8. The average Bonchev–Trinajstić information content (AvgIpc) is 2.47. The fourth-order valence-corrected chi connectivity index (χ4v) is 1.91. The summed E-state index contributed by atoms with van der Waals surface area (Å²) in [7, 11) is 1.31. The number of rotatable bonds is 5. The number of ether oxygens (including phenoxy) is 1. The van der Waals surface area contributed by atoms with Gasteiger partial charge in [-0.05, 0) is 19.9 Å². The van der Waals surface area contributed by atoms with Crippen LogP contribution in [0.5, 0.6) is 11.5 Å². The van der Waals surface area contributed by atoms with Gasteiger partial charge in [0.05, 0.1) is 24.3 Å². The first-order valence-electron chi connectivity index (χ1n) is 6.57. The highest BCUT2D eigenvalue weighted by atomic mass is 16.6. The number of nitrogens with zero attached hydrogens (tertiary/aromatic N) is 4. The molecule has 0 spiro atoms. The Morgan fingerprint density at radius 1 is 1.30 bits per heavy atom. The van der Waals surface area contributed by atoms with Crippen LogP contribution in [0.15, 0.2) is 23.3 Å². The highest BCUT2D eigenvalue weighted by molar-refractivity contribution is 5.86. The number of phenols is 1. The number of hydrazone groups is 1. The fraction of sp³-hybridized carbons (Fsp3) is 0.214. The Morgan fingerprint density at radius 3 is 2.52 bits per heavy atom. The first-order valence-corrected chi connectivity index (χ1v) is 6.57. The highest BCUT2D eigenvalue weighted by Crippen LogP contribution is 2.33. The molecule has 0 fully saturated rings. The molecule has 0 aliphatic rings. The number of phenolic OH excluding ortho intramolecular Hbond substituents is 1. The van der Waals surface area contributed by atoms with Gasteiger partial charge >= 0.3 is 0 Å². The molecule has 0 aliphatic carbocycles. The van der Waals surface area contributed by atoms with E-state index in [2.05, 4.69) is 20.5 Å². The second-order valence-corrected chi connectivity index (χ2v) is 4.69. The molecule has 2 N–H and O–H groups in total. The number of nitro groups is 1. The van der Waals surface area contributed by atoms with Gasteiger partial charge in [-0.1, -0.05) is 0 Å². The molecule has 2 aromatic rings. The van der Waals surface area contributed by atoms with Crippen molar-refractivity contribution >= 4 is 17.9 Å². The number of nitro benzene ring substituents is 1. The molecule has 0 aliphatic heterocycles. The molecule has 0 unspecified atom stereocenters. The van der Waals surface area contributed by atoms with Gasteiger partial charge in [0.1, 0.15) is 0 Å². The SMILES string of the molecule is COc1cc([N+](=O)[O-])cc(C=NNc2nc(C)cc(C)n2)c1O. The number of anilines is 1. The summed E-state index contributed by atoms with van der Waals surface area (Å²) in [6, 6.07) is 4.13. The predicted molar refractivity (Wildman–Crippen MR) is 84.0 cm³/mol. The monoisotopic (exact) mass is 317 g/mol. The molecule has 0 saturated heterocycles. The molecule has 1 heterocycles. The van der Waals surface area contributed by atoms with Crippen molar-refractivity contribution in [3.05, 3.63) is 45.3 Å². The minimum Gasteiger partial charge on any atom is -0.504 e. The highest BCUT2D eigenvalue weighted by Gasteiger charge is 2.15. The van der Waals surface area contributed by atoms with Crippen molar-refractivity contribution < 1.29 is 14.8 Å². The number of aromatic nitrogens is 2. The molecule has 0 atom stereocenters. The van der Waals surface area contributed by atoms with E-state index in [9.17, 15) is 15.2 Å². The lowest BCUT2D eigenvalue weighted by molar-refractivity contribution is -0.385. The van der Waals surface area contributed by atoms with Gasteiger partial charge in [0, 0.05) is 23.0 Å². The molecule has 9 nitrogen and oxygen atoms in total. The van der Waals surface area contributed by atoms with E-state index in [1.807, 2.05) is 19.9 Å². The zero-order valence-electron chi connectivity index (χ0n) is 12.8. The normalized spacial score (nSPS) is 10.7. The van der Waals surface area contributed by atoms with Crippen molar-refractivity contribution in [2.75, 3.05) is 12.5 Å². The van der Waals surface area contributed by atoms with Gasteiger partial charge in [-0.15, -0.1) is 0 Å². The number of hydrogen-bond donors (Lipinski definition) is 2. The van der Waals surface area contributed by atoms with Crippen LogP contribution in [0.4, 0.5) is 11.6 Å². The molecule has 1 aromatic carbocycles. The lowest BCUT2D eigenvalue weighted by atomic mass is 10.2. The third kappa shape index (κ3) is 3.90. The van der Waals surface area contributed by atoms with Crippen LogP contribution >= 0.6 is 0 Å². The van der Waals surface area contributed by atoms with Gasteiger partial charge in [0.2, 0.25) is 5.95 Å². The first-order chi connectivity index (χ1) is 10.9. The number of aromatic hydroxyl groups is 1. The van der Waals surface area contributed by atoms with Crippen LogP contribution in [-0.2, 0) is 0 Å². The number of benzene rings is 1. The third-order valence-electron chi connectivity index (χ3n) is 2.87. The van der Waals surface area contributed by atoms with Gasteiger partial charge in [0.25, 0.3) is 5.69 Å². The molecule has 0 bridgehead atoms. The Balaban J connectivity index is 2.28. The van der Waals surface area contributed by atoms with Gasteiger partial charge in [-0.2, -0.15) is 5.10 Å². The van der Waals surface area contributed by atoms with Crippen molar-refractivity contribution in [1.29, 1.82) is 0 Å². The Hall–Kier alpha value is -3.23. The van der Waals surface area contributed by atoms with Crippen molar-refractivity contribution in [3.8, 4) is 11.5 Å². The fourth-order valence-electron chi connectivity index (χ4n) is 1.91. The molecule has 2 rings (SSSR count). The molecule has 1 aromatic heterocycles. The minimum atomic E-state index is -0.584. The number of non-ortho nitro benzene ring substituents is 1. The predicted octanol–water partition coefficient (Wildman–Crippen LogP) is 2.16. The van der Waals surface area contributed by atoms with Crippen molar-refractivity contribution in [2.24, 2.45) is 5.10 Å². The zero-order chi connectivity index (χ0) is 17.0. The number of aryl methyl sites for hydroxylation is 2. The maximum atomic E-state index is 10.9. The summed E-state index contributed by atoms with van der Waals surface area (Å²) in [6.07, 6.45) is 1.23. The van der Waals surface area contributed by atoms with E-state index in [0.29, 0.717) is 0 Å². The topological polar surface area (TPSA) is 123 Å². The van der Waals surface area contributed by atoms with E-state index in [1.165, 1.54) is 19.4 Å². The number of nitrogens with one attached hydrogen (secondary N) is 1. The molecular formula is C14H15N5O4. The smallest absolute Gasteiger partial charge is 0.274 e. The molecular weight excluding hydrogens is 302 g/mol. The Morgan fingerprint density at radius 2 is 1.96 bits per heavy atom. The molecule has 0 radical (unpaired) electrons. The summed E-state index contributed by atoms with van der Waals surface area (Å²) in [5.41, 5.74) is 4.07. The van der Waals surface area contributed by atoms with E-state index < -0.39 is 4.92 Å². The lowest BCUT2D eigenvalue weighted by Gasteiger charge is -2.06. The van der Waals surface area contributed by atoms with Crippen LogP contribution in [0.25, 0.3) is 0 Å². The molecule has 0 amide bonds. The molecule has 23 heavy (non-hydrogen) atoms. The number of hydrogen-bond acceptors (Lipinski definition) is 8. The Bertz CT molecular complexity index is 756. The van der Waals surface area contributed by atoms with Gasteiger partial charge in [-0.25, -0.2) is 15.4 Å². The molecule has 120 valence electrons. The van der Waals surface area contributed by atoms with Crippen molar-refractivity contribution in [1.82, 2.24) is 9.97 Å². The van der Waals surface area contributed by atoms with Crippen LogP contribution in [-0.4, -0.2) is 33.3 Å². The van der Waals surface area contributed by atoms with Crippen molar-refractivity contribution in [3.63, 3.8) is 0 Å². The molecule has 9 heteroatoms. The number of methoxy groups -OCH3 is 1.